The van der Waals surface area contributed by atoms with Gasteiger partial charge in [0.25, 0.3) is 0 Å². The molecule has 1 atom stereocenters. The number of halogens is 2. The van der Waals surface area contributed by atoms with Gasteiger partial charge in [-0.3, -0.25) is 0 Å². The van der Waals surface area contributed by atoms with E-state index < -0.39 is 0 Å². The van der Waals surface area contributed by atoms with Crippen molar-refractivity contribution in [1.82, 2.24) is 0 Å². The molecule has 3 heteroatoms. The molecule has 1 unspecified atom stereocenters. The normalized spacial score (nSPS) is 12.5. The van der Waals surface area contributed by atoms with Crippen LogP contribution < -0.4 is 5.73 Å². The summed E-state index contributed by atoms with van der Waals surface area (Å²) in [6, 6.07) is 10.5. The van der Waals surface area contributed by atoms with E-state index in [1.165, 1.54) is 22.3 Å². The van der Waals surface area contributed by atoms with E-state index in [0.29, 0.717) is 0 Å². The quantitative estimate of drug-likeness (QED) is 0.760. The van der Waals surface area contributed by atoms with E-state index in [1.807, 2.05) is 0 Å². The fourth-order valence-corrected chi connectivity index (χ4v) is 3.16. The Morgan fingerprint density at radius 3 is 2.21 bits per heavy atom. The maximum absolute atomic E-state index is 6.46. The standard InChI is InChI=1S/C16H17Br2N/c1-9-4-5-14(17)13(6-9)16(19)12-7-11(3)15(18)8-10(12)2/h4-8,16H,19H2,1-3H3. The lowest BCUT2D eigenvalue weighted by Crippen LogP contribution is -2.14. The molecule has 0 radical (unpaired) electrons. The van der Waals surface area contributed by atoms with Gasteiger partial charge < -0.3 is 5.73 Å². The summed E-state index contributed by atoms with van der Waals surface area (Å²) < 4.78 is 2.19. The van der Waals surface area contributed by atoms with Gasteiger partial charge in [0.2, 0.25) is 0 Å². The summed E-state index contributed by atoms with van der Waals surface area (Å²) in [5.74, 6) is 0. The number of aryl methyl sites for hydroxylation is 3. The highest BCUT2D eigenvalue weighted by Crippen LogP contribution is 2.31. The Hall–Kier alpha value is -0.640. The van der Waals surface area contributed by atoms with Gasteiger partial charge in [-0.1, -0.05) is 55.6 Å². The molecule has 0 aromatic heterocycles. The summed E-state index contributed by atoms with van der Waals surface area (Å²) in [5.41, 5.74) is 12.4. The van der Waals surface area contributed by atoms with Crippen molar-refractivity contribution in [2.75, 3.05) is 0 Å². The molecule has 0 amide bonds. The lowest BCUT2D eigenvalue weighted by Gasteiger charge is -2.18. The van der Waals surface area contributed by atoms with Gasteiger partial charge in [-0.15, -0.1) is 0 Å². The minimum atomic E-state index is -0.110. The van der Waals surface area contributed by atoms with Crippen LogP contribution in [0.1, 0.15) is 33.9 Å². The Balaban J connectivity index is 2.52. The second kappa shape index (κ2) is 5.78. The van der Waals surface area contributed by atoms with Crippen LogP contribution in [0.3, 0.4) is 0 Å². The highest BCUT2D eigenvalue weighted by molar-refractivity contribution is 9.10. The van der Waals surface area contributed by atoms with Crippen LogP contribution in [0.25, 0.3) is 0 Å². The van der Waals surface area contributed by atoms with Crippen molar-refractivity contribution in [2.24, 2.45) is 5.73 Å². The van der Waals surface area contributed by atoms with Crippen molar-refractivity contribution in [2.45, 2.75) is 26.8 Å². The van der Waals surface area contributed by atoms with Crippen molar-refractivity contribution in [3.8, 4) is 0 Å². The molecule has 2 rings (SSSR count). The van der Waals surface area contributed by atoms with E-state index >= 15 is 0 Å². The molecule has 0 bridgehead atoms. The first-order chi connectivity index (χ1) is 8.90. The molecule has 0 spiro atoms. The number of nitrogens with two attached hydrogens (primary N) is 1. The monoisotopic (exact) mass is 381 g/mol. The SMILES string of the molecule is Cc1ccc(Br)c(C(N)c2cc(C)c(Br)cc2C)c1. The smallest absolute Gasteiger partial charge is 0.0565 e. The fraction of sp³-hybridized carbons (Fsp3) is 0.250. The lowest BCUT2D eigenvalue weighted by molar-refractivity contribution is 0.852. The first-order valence-electron chi connectivity index (χ1n) is 6.18. The zero-order valence-electron chi connectivity index (χ0n) is 11.3. The van der Waals surface area contributed by atoms with Gasteiger partial charge in [0.05, 0.1) is 6.04 Å². The first kappa shape index (κ1) is 14.8. The van der Waals surface area contributed by atoms with Gasteiger partial charge in [0.15, 0.2) is 0 Å². The Labute approximate surface area is 131 Å². The first-order valence-corrected chi connectivity index (χ1v) is 7.77. The molecular weight excluding hydrogens is 366 g/mol. The average molecular weight is 383 g/mol. The summed E-state index contributed by atoms with van der Waals surface area (Å²) in [4.78, 5) is 0. The van der Waals surface area contributed by atoms with Crippen LogP contribution in [-0.2, 0) is 0 Å². The molecular formula is C16H17Br2N. The molecule has 19 heavy (non-hydrogen) atoms. The number of benzene rings is 2. The Kier molecular flexibility index (Phi) is 4.49. The number of hydrogen-bond donors (Lipinski definition) is 1. The molecule has 1 nitrogen and oxygen atoms in total. The van der Waals surface area contributed by atoms with Crippen molar-refractivity contribution in [1.29, 1.82) is 0 Å². The third kappa shape index (κ3) is 3.10. The van der Waals surface area contributed by atoms with Crippen molar-refractivity contribution in [3.05, 3.63) is 67.1 Å². The maximum Gasteiger partial charge on any atom is 0.0565 e. The van der Waals surface area contributed by atoms with Gasteiger partial charge in [0, 0.05) is 8.95 Å². The van der Waals surface area contributed by atoms with Crippen molar-refractivity contribution < 1.29 is 0 Å². The zero-order valence-corrected chi connectivity index (χ0v) is 14.5. The van der Waals surface area contributed by atoms with Crippen molar-refractivity contribution in [3.63, 3.8) is 0 Å². The molecule has 0 saturated carbocycles. The second-order valence-corrected chi connectivity index (χ2v) is 6.67. The molecule has 2 aromatic rings. The van der Waals surface area contributed by atoms with Crippen LogP contribution in [0, 0.1) is 20.8 Å². The lowest BCUT2D eigenvalue weighted by atomic mass is 9.93. The maximum atomic E-state index is 6.46. The van der Waals surface area contributed by atoms with Gasteiger partial charge in [-0.25, -0.2) is 0 Å². The zero-order chi connectivity index (χ0) is 14.2. The molecule has 0 saturated heterocycles. The van der Waals surface area contributed by atoms with Crippen molar-refractivity contribution >= 4 is 31.9 Å². The predicted molar refractivity (Wildman–Crippen MR) is 88.5 cm³/mol. The molecule has 0 aliphatic rings. The third-order valence-corrected chi connectivity index (χ3v) is 4.95. The largest absolute Gasteiger partial charge is 0.320 e. The van der Waals surface area contributed by atoms with Crippen LogP contribution in [0.15, 0.2) is 39.3 Å². The van der Waals surface area contributed by atoms with E-state index in [4.69, 9.17) is 5.73 Å². The Morgan fingerprint density at radius 2 is 1.53 bits per heavy atom. The van der Waals surface area contributed by atoms with E-state index in [0.717, 1.165) is 14.5 Å². The van der Waals surface area contributed by atoms with Gasteiger partial charge in [-0.2, -0.15) is 0 Å². The number of hydrogen-bond acceptors (Lipinski definition) is 1. The Morgan fingerprint density at radius 1 is 0.842 bits per heavy atom. The highest BCUT2D eigenvalue weighted by atomic mass is 79.9. The van der Waals surface area contributed by atoms with Crippen LogP contribution in [-0.4, -0.2) is 0 Å². The molecule has 100 valence electrons. The molecule has 2 aromatic carbocycles. The second-order valence-electron chi connectivity index (χ2n) is 4.96. The van der Waals surface area contributed by atoms with Crippen LogP contribution in [0.4, 0.5) is 0 Å². The van der Waals surface area contributed by atoms with Crippen LogP contribution >= 0.6 is 31.9 Å². The minimum absolute atomic E-state index is 0.110. The summed E-state index contributed by atoms with van der Waals surface area (Å²) in [5, 5.41) is 0. The van der Waals surface area contributed by atoms with E-state index in [2.05, 4.69) is 83.0 Å². The highest BCUT2D eigenvalue weighted by Gasteiger charge is 2.15. The molecule has 0 heterocycles. The fourth-order valence-electron chi connectivity index (χ4n) is 2.21. The Bertz CT molecular complexity index is 620. The summed E-state index contributed by atoms with van der Waals surface area (Å²) in [6.45, 7) is 6.27. The molecule has 0 aliphatic heterocycles. The van der Waals surface area contributed by atoms with Crippen LogP contribution in [0.5, 0.6) is 0 Å². The summed E-state index contributed by atoms with van der Waals surface area (Å²) in [6.07, 6.45) is 0. The minimum Gasteiger partial charge on any atom is -0.320 e. The van der Waals surface area contributed by atoms with Gasteiger partial charge in [0.1, 0.15) is 0 Å². The van der Waals surface area contributed by atoms with Gasteiger partial charge >= 0.3 is 0 Å². The molecule has 0 fully saturated rings. The molecule has 0 aliphatic carbocycles. The topological polar surface area (TPSA) is 26.0 Å². The average Bonchev–Trinajstić information content (AvgIpc) is 2.36. The van der Waals surface area contributed by atoms with Gasteiger partial charge in [-0.05, 0) is 55.2 Å². The van der Waals surface area contributed by atoms with E-state index in [-0.39, 0.29) is 6.04 Å². The van der Waals surface area contributed by atoms with E-state index in [1.54, 1.807) is 0 Å². The number of rotatable bonds is 2. The van der Waals surface area contributed by atoms with Crippen LogP contribution in [0.2, 0.25) is 0 Å². The molecule has 2 N–H and O–H groups in total. The predicted octanol–water partition coefficient (Wildman–Crippen LogP) is 5.18. The summed E-state index contributed by atoms with van der Waals surface area (Å²) >= 11 is 7.16. The summed E-state index contributed by atoms with van der Waals surface area (Å²) in [7, 11) is 0. The third-order valence-electron chi connectivity index (χ3n) is 3.37. The van der Waals surface area contributed by atoms with E-state index in [9.17, 15) is 0 Å².